The first-order chi connectivity index (χ1) is 10.8. The van der Waals surface area contributed by atoms with Gasteiger partial charge in [-0.25, -0.2) is 0 Å². The van der Waals surface area contributed by atoms with Crippen molar-refractivity contribution in [3.8, 4) is 5.75 Å². The highest BCUT2D eigenvalue weighted by atomic mass is 16.5. The number of aromatic nitrogens is 1. The number of rotatable bonds is 5. The van der Waals surface area contributed by atoms with Crippen molar-refractivity contribution in [1.29, 1.82) is 0 Å². The fourth-order valence-corrected chi connectivity index (χ4v) is 3.08. The Morgan fingerprint density at radius 1 is 1.27 bits per heavy atom. The van der Waals surface area contributed by atoms with E-state index in [0.29, 0.717) is 12.4 Å². The Morgan fingerprint density at radius 2 is 2.05 bits per heavy atom. The Morgan fingerprint density at radius 3 is 2.82 bits per heavy atom. The van der Waals surface area contributed by atoms with Gasteiger partial charge in [0.2, 0.25) is 0 Å². The summed E-state index contributed by atoms with van der Waals surface area (Å²) in [7, 11) is 0. The Balaban J connectivity index is 1.57. The summed E-state index contributed by atoms with van der Waals surface area (Å²) in [6.45, 7) is 6.78. The van der Waals surface area contributed by atoms with Gasteiger partial charge in [0.05, 0.1) is 13.2 Å². The summed E-state index contributed by atoms with van der Waals surface area (Å²) >= 11 is 0. The standard InChI is InChI=1S/C16H25N3O3/c20-16-15(22-13-10-18-8-11-21-12-9-18)2-1-7-19(16)14-3-5-17-6-4-14/h1-2,7,14,17H,3-6,8-13H2. The molecule has 0 saturated carbocycles. The third-order valence-corrected chi connectivity index (χ3v) is 4.41. The van der Waals surface area contributed by atoms with Crippen molar-refractivity contribution in [3.05, 3.63) is 28.7 Å². The van der Waals surface area contributed by atoms with E-state index in [1.54, 1.807) is 6.07 Å². The summed E-state index contributed by atoms with van der Waals surface area (Å²) in [6, 6.07) is 3.98. The summed E-state index contributed by atoms with van der Waals surface area (Å²) < 4.78 is 12.9. The van der Waals surface area contributed by atoms with E-state index in [-0.39, 0.29) is 11.6 Å². The van der Waals surface area contributed by atoms with Crippen LogP contribution in [0.5, 0.6) is 5.75 Å². The van der Waals surface area contributed by atoms with Crippen LogP contribution in [0.4, 0.5) is 0 Å². The Kier molecular flexibility index (Phi) is 5.48. The van der Waals surface area contributed by atoms with Crippen molar-refractivity contribution < 1.29 is 9.47 Å². The van der Waals surface area contributed by atoms with Crippen LogP contribution < -0.4 is 15.6 Å². The first-order valence-corrected chi connectivity index (χ1v) is 8.19. The van der Waals surface area contributed by atoms with Crippen molar-refractivity contribution in [2.75, 3.05) is 52.5 Å². The molecule has 6 nitrogen and oxygen atoms in total. The van der Waals surface area contributed by atoms with E-state index in [1.807, 2.05) is 16.8 Å². The monoisotopic (exact) mass is 307 g/mol. The molecular weight excluding hydrogens is 282 g/mol. The highest BCUT2D eigenvalue weighted by molar-refractivity contribution is 5.18. The topological polar surface area (TPSA) is 55.7 Å². The smallest absolute Gasteiger partial charge is 0.293 e. The van der Waals surface area contributed by atoms with Crippen LogP contribution in [0.3, 0.4) is 0 Å². The average molecular weight is 307 g/mol. The molecule has 2 aliphatic heterocycles. The third-order valence-electron chi connectivity index (χ3n) is 4.41. The normalized spacial score (nSPS) is 20.9. The molecule has 6 heteroatoms. The third kappa shape index (κ3) is 3.88. The molecule has 1 aromatic rings. The number of piperidine rings is 1. The van der Waals surface area contributed by atoms with Gasteiger partial charge in [0.1, 0.15) is 6.61 Å². The first kappa shape index (κ1) is 15.5. The molecule has 3 heterocycles. The number of nitrogens with zero attached hydrogens (tertiary/aromatic N) is 2. The van der Waals surface area contributed by atoms with Gasteiger partial charge in [0, 0.05) is 31.9 Å². The molecule has 1 aromatic heterocycles. The Bertz CT molecular complexity index is 520. The number of morpholine rings is 1. The minimum Gasteiger partial charge on any atom is -0.487 e. The molecule has 3 rings (SSSR count). The maximum absolute atomic E-state index is 12.5. The molecule has 22 heavy (non-hydrogen) atoms. The average Bonchev–Trinajstić information content (AvgIpc) is 2.58. The van der Waals surface area contributed by atoms with Crippen molar-refractivity contribution in [1.82, 2.24) is 14.8 Å². The lowest BCUT2D eigenvalue weighted by molar-refractivity contribution is 0.0321. The van der Waals surface area contributed by atoms with Crippen LogP contribution in [-0.2, 0) is 4.74 Å². The number of pyridine rings is 1. The van der Waals surface area contributed by atoms with Gasteiger partial charge in [-0.2, -0.15) is 0 Å². The van der Waals surface area contributed by atoms with Crippen molar-refractivity contribution in [2.45, 2.75) is 18.9 Å². The second-order valence-electron chi connectivity index (χ2n) is 5.87. The predicted molar refractivity (Wildman–Crippen MR) is 84.6 cm³/mol. The van der Waals surface area contributed by atoms with E-state index < -0.39 is 0 Å². The second-order valence-corrected chi connectivity index (χ2v) is 5.87. The highest BCUT2D eigenvalue weighted by Gasteiger charge is 2.17. The summed E-state index contributed by atoms with van der Waals surface area (Å²) in [5.41, 5.74) is -0.00335. The highest BCUT2D eigenvalue weighted by Crippen LogP contribution is 2.17. The van der Waals surface area contributed by atoms with Gasteiger partial charge >= 0.3 is 0 Å². The van der Waals surface area contributed by atoms with E-state index in [2.05, 4.69) is 10.2 Å². The van der Waals surface area contributed by atoms with Gasteiger partial charge in [0.25, 0.3) is 5.56 Å². The number of nitrogens with one attached hydrogen (secondary N) is 1. The van der Waals surface area contributed by atoms with Crippen molar-refractivity contribution >= 4 is 0 Å². The fourth-order valence-electron chi connectivity index (χ4n) is 3.08. The van der Waals surface area contributed by atoms with E-state index in [9.17, 15) is 4.79 Å². The molecule has 0 unspecified atom stereocenters. The molecule has 0 radical (unpaired) electrons. The number of hydrogen-bond acceptors (Lipinski definition) is 5. The molecule has 0 atom stereocenters. The van der Waals surface area contributed by atoms with Gasteiger partial charge in [-0.1, -0.05) is 0 Å². The zero-order chi connectivity index (χ0) is 15.2. The van der Waals surface area contributed by atoms with Crippen LogP contribution in [0.25, 0.3) is 0 Å². The molecule has 0 spiro atoms. The fraction of sp³-hybridized carbons (Fsp3) is 0.688. The van der Waals surface area contributed by atoms with E-state index in [0.717, 1.165) is 58.8 Å². The quantitative estimate of drug-likeness (QED) is 0.858. The van der Waals surface area contributed by atoms with Gasteiger partial charge in [-0.15, -0.1) is 0 Å². The number of ether oxygens (including phenoxy) is 2. The van der Waals surface area contributed by atoms with Crippen LogP contribution in [0.1, 0.15) is 18.9 Å². The lowest BCUT2D eigenvalue weighted by Gasteiger charge is -2.26. The summed E-state index contributed by atoms with van der Waals surface area (Å²) in [6.07, 6.45) is 3.88. The SMILES string of the molecule is O=c1c(OCCN2CCOCC2)cccn1C1CCNCC1. The minimum atomic E-state index is -0.00335. The Hall–Kier alpha value is -1.37. The first-order valence-electron chi connectivity index (χ1n) is 8.19. The van der Waals surface area contributed by atoms with Gasteiger partial charge in [0.15, 0.2) is 5.75 Å². The molecule has 0 bridgehead atoms. The van der Waals surface area contributed by atoms with E-state index >= 15 is 0 Å². The lowest BCUT2D eigenvalue weighted by Crippen LogP contribution is -2.39. The van der Waals surface area contributed by atoms with Crippen molar-refractivity contribution in [2.24, 2.45) is 0 Å². The van der Waals surface area contributed by atoms with Gasteiger partial charge in [-0.05, 0) is 38.1 Å². The molecule has 0 amide bonds. The maximum Gasteiger partial charge on any atom is 0.293 e. The van der Waals surface area contributed by atoms with E-state index in [1.165, 1.54) is 0 Å². The summed E-state index contributed by atoms with van der Waals surface area (Å²) in [5, 5.41) is 3.33. The molecule has 122 valence electrons. The van der Waals surface area contributed by atoms with Gasteiger partial charge in [-0.3, -0.25) is 9.69 Å². The molecule has 0 aliphatic carbocycles. The summed E-state index contributed by atoms with van der Waals surface area (Å²) in [4.78, 5) is 14.8. The van der Waals surface area contributed by atoms with Crippen LogP contribution in [0, 0.1) is 0 Å². The summed E-state index contributed by atoms with van der Waals surface area (Å²) in [5.74, 6) is 0.467. The maximum atomic E-state index is 12.5. The van der Waals surface area contributed by atoms with Crippen LogP contribution >= 0.6 is 0 Å². The van der Waals surface area contributed by atoms with Crippen LogP contribution in [-0.4, -0.2) is 62.0 Å². The molecule has 0 aromatic carbocycles. The van der Waals surface area contributed by atoms with Crippen molar-refractivity contribution in [3.63, 3.8) is 0 Å². The lowest BCUT2D eigenvalue weighted by atomic mass is 10.1. The molecule has 2 fully saturated rings. The molecular formula is C16H25N3O3. The molecule has 1 N–H and O–H groups in total. The second kappa shape index (κ2) is 7.76. The zero-order valence-electron chi connectivity index (χ0n) is 13.0. The minimum absolute atomic E-state index is 0.00335. The Labute approximate surface area is 131 Å². The number of hydrogen-bond donors (Lipinski definition) is 1. The van der Waals surface area contributed by atoms with Crippen LogP contribution in [0.15, 0.2) is 23.1 Å². The largest absolute Gasteiger partial charge is 0.487 e. The molecule has 2 aliphatic rings. The molecule has 2 saturated heterocycles. The van der Waals surface area contributed by atoms with Crippen LogP contribution in [0.2, 0.25) is 0 Å². The zero-order valence-corrected chi connectivity index (χ0v) is 13.0. The van der Waals surface area contributed by atoms with E-state index in [4.69, 9.17) is 9.47 Å². The predicted octanol–water partition coefficient (Wildman–Crippen LogP) is 0.484. The van der Waals surface area contributed by atoms with Gasteiger partial charge < -0.3 is 19.4 Å².